The Balaban J connectivity index is 1.36. The largest absolute Gasteiger partial charge is 0.394 e. The first kappa shape index (κ1) is 61.5. The van der Waals surface area contributed by atoms with E-state index in [1.165, 1.54) is 11.8 Å². The molecule has 4 amide bonds. The molecule has 30 nitrogen and oxygen atoms in total. The Hall–Kier alpha value is -3.00. The Morgan fingerprint density at radius 3 is 1.46 bits per heavy atom. The maximum absolute atomic E-state index is 13.2. The zero-order chi connectivity index (χ0) is 53.2. The fraction of sp³-hybridized carbons (Fsp3) is 0.905. The average molecular weight is 1050 g/mol. The molecule has 0 bridgehead atoms. The number of nitrogens with one attached hydrogen (secondary N) is 4. The second kappa shape index (κ2) is 30.5. The van der Waals surface area contributed by atoms with Crippen LogP contribution in [0, 0.1) is 0 Å². The molecule has 0 aromatic heterocycles. The highest BCUT2D eigenvalue weighted by Gasteiger charge is 2.52. The number of aliphatic hydroxyl groups is 13. The summed E-state index contributed by atoms with van der Waals surface area (Å²) in [5, 5.41) is 145. The van der Waals surface area contributed by atoms with E-state index >= 15 is 0 Å². The van der Waals surface area contributed by atoms with Gasteiger partial charge in [0.05, 0.1) is 58.8 Å². The van der Waals surface area contributed by atoms with Crippen molar-refractivity contribution in [2.75, 3.05) is 78.8 Å². The van der Waals surface area contributed by atoms with Crippen LogP contribution in [0.2, 0.25) is 0 Å². The molecule has 0 saturated carbocycles. The monoisotopic (exact) mass is 1050 g/mol. The molecule has 4 aliphatic heterocycles. The lowest BCUT2D eigenvalue weighted by Gasteiger charge is -2.46. The van der Waals surface area contributed by atoms with Crippen molar-refractivity contribution >= 4 is 23.6 Å². The third kappa shape index (κ3) is 17.8. The van der Waals surface area contributed by atoms with Crippen LogP contribution in [0.5, 0.6) is 0 Å². The van der Waals surface area contributed by atoms with Crippen molar-refractivity contribution in [3.8, 4) is 0 Å². The molecule has 4 heterocycles. The van der Waals surface area contributed by atoms with E-state index in [0.29, 0.717) is 32.2 Å². The lowest BCUT2D eigenvalue weighted by Crippen LogP contribution is -2.65. The van der Waals surface area contributed by atoms with E-state index in [9.17, 15) is 85.6 Å². The predicted octanol–water partition coefficient (Wildman–Crippen LogP) is -10.4. The Labute approximate surface area is 414 Å². The molecule has 0 radical (unpaired) electrons. The number of aliphatic hydroxyl groups excluding tert-OH is 13. The van der Waals surface area contributed by atoms with Crippen LogP contribution < -0.4 is 21.3 Å². The van der Waals surface area contributed by atoms with Crippen LogP contribution in [0.4, 0.5) is 0 Å². The summed E-state index contributed by atoms with van der Waals surface area (Å²) in [5.41, 5.74) is 0. The minimum atomic E-state index is -1.97. The summed E-state index contributed by atoms with van der Waals surface area (Å²) in [6.45, 7) is -0.738. The van der Waals surface area contributed by atoms with Crippen LogP contribution in [0.25, 0.3) is 0 Å². The fourth-order valence-corrected chi connectivity index (χ4v) is 8.00. The highest BCUT2D eigenvalue weighted by Crippen LogP contribution is 2.31. The van der Waals surface area contributed by atoms with Gasteiger partial charge in [0.1, 0.15) is 91.6 Å². The van der Waals surface area contributed by atoms with Crippen molar-refractivity contribution in [2.24, 2.45) is 0 Å². The molecule has 0 aromatic carbocycles. The van der Waals surface area contributed by atoms with Gasteiger partial charge >= 0.3 is 0 Å². The summed E-state index contributed by atoms with van der Waals surface area (Å²) in [4.78, 5) is 52.1. The number of hydrogen-bond acceptors (Lipinski definition) is 26. The summed E-state index contributed by atoms with van der Waals surface area (Å²) in [6.07, 6.45) is -30.9. The van der Waals surface area contributed by atoms with Gasteiger partial charge in [-0.15, -0.1) is 0 Å². The molecule has 72 heavy (non-hydrogen) atoms. The number of unbranched alkanes of at least 4 members (excludes halogenated alkanes) is 2. The third-order valence-electron chi connectivity index (χ3n) is 12.2. The number of carbonyl (C=O) groups excluding carboxylic acids is 4. The van der Waals surface area contributed by atoms with E-state index in [0.717, 1.165) is 0 Å². The van der Waals surface area contributed by atoms with Crippen molar-refractivity contribution in [3.05, 3.63) is 0 Å². The number of nitrogens with zero attached hydrogens (tertiary/aromatic N) is 1. The van der Waals surface area contributed by atoms with E-state index < -0.39 is 187 Å². The highest BCUT2D eigenvalue weighted by atomic mass is 16.8. The number of carbonyl (C=O) groups is 4. The van der Waals surface area contributed by atoms with Crippen LogP contribution in [-0.4, -0.2) is 297 Å². The molecule has 0 aliphatic carbocycles. The molecule has 4 rings (SSSR count). The molecule has 4 fully saturated rings. The van der Waals surface area contributed by atoms with Gasteiger partial charge in [0.2, 0.25) is 23.6 Å². The van der Waals surface area contributed by atoms with Crippen LogP contribution in [0.1, 0.15) is 39.5 Å². The molecular weight excluding hydrogens is 974 g/mol. The van der Waals surface area contributed by atoms with Crippen LogP contribution in [-0.2, 0) is 57.1 Å². The second-order valence-corrected chi connectivity index (χ2v) is 17.7. The van der Waals surface area contributed by atoms with Gasteiger partial charge in [0.25, 0.3) is 0 Å². The first-order valence-corrected chi connectivity index (χ1v) is 23.8. The maximum Gasteiger partial charge on any atom is 0.234 e. The molecule has 17 N–H and O–H groups in total. The lowest BCUT2D eigenvalue weighted by atomic mass is 9.96. The zero-order valence-corrected chi connectivity index (χ0v) is 40.0. The molecule has 0 spiro atoms. The molecular formula is C42H75N5O25. The van der Waals surface area contributed by atoms with Crippen molar-refractivity contribution in [1.29, 1.82) is 0 Å². The van der Waals surface area contributed by atoms with E-state index in [1.54, 1.807) is 0 Å². The summed E-state index contributed by atoms with van der Waals surface area (Å²) in [5.74, 6) is -1.96. The fourth-order valence-electron chi connectivity index (χ4n) is 8.00. The van der Waals surface area contributed by atoms with Gasteiger partial charge in [0.15, 0.2) is 25.2 Å². The molecule has 4 aliphatic rings. The Bertz CT molecular complexity index is 1640. The van der Waals surface area contributed by atoms with E-state index in [4.69, 9.17) is 37.9 Å². The first-order valence-electron chi connectivity index (χ1n) is 23.8. The Morgan fingerprint density at radius 1 is 0.472 bits per heavy atom. The molecule has 418 valence electrons. The normalized spacial score (nSPS) is 37.2. The van der Waals surface area contributed by atoms with Gasteiger partial charge in [-0.2, -0.15) is 0 Å². The van der Waals surface area contributed by atoms with Crippen molar-refractivity contribution in [1.82, 2.24) is 26.2 Å². The third-order valence-corrected chi connectivity index (χ3v) is 12.2. The molecule has 20 atom stereocenters. The molecule has 30 heteroatoms. The van der Waals surface area contributed by atoms with Gasteiger partial charge < -0.3 is 126 Å². The highest BCUT2D eigenvalue weighted by molar-refractivity contribution is 5.84. The number of amides is 4. The SMILES string of the molecule is CCNC(=O)CCCCCNC(=O)CN(CC(=O)NCCO[C@@H]1O[C@@H](C)[C@@H](O)[C@H](O)[C@@H]1O)CC(=O)NCCO[C@H]1O[C@H](CO[C@H]2O[C@H](CO)[C@@H](O)[C@H](O)[C@@H]2O)[C@@H](O)[C@H](O[C@H]2O[C@H](CO)[C@@H](O)[C@H](O)[C@@H]2O)[C@@H]1O. The average Bonchev–Trinajstić information content (AvgIpc) is 3.34. The number of ether oxygens (including phenoxy) is 8. The van der Waals surface area contributed by atoms with E-state index in [-0.39, 0.29) is 32.1 Å². The van der Waals surface area contributed by atoms with Crippen LogP contribution >= 0.6 is 0 Å². The smallest absolute Gasteiger partial charge is 0.234 e. The summed E-state index contributed by atoms with van der Waals surface area (Å²) >= 11 is 0. The van der Waals surface area contributed by atoms with Gasteiger partial charge in [-0.3, -0.25) is 24.1 Å². The van der Waals surface area contributed by atoms with Gasteiger partial charge in [-0.1, -0.05) is 6.42 Å². The number of rotatable bonds is 28. The topological polar surface area (TPSA) is 456 Å². The maximum atomic E-state index is 13.2. The molecule has 4 saturated heterocycles. The summed E-state index contributed by atoms with van der Waals surface area (Å²) in [7, 11) is 0. The van der Waals surface area contributed by atoms with Crippen molar-refractivity contribution in [2.45, 2.75) is 162 Å². The lowest BCUT2D eigenvalue weighted by molar-refractivity contribution is -0.366. The molecule has 0 unspecified atom stereocenters. The van der Waals surface area contributed by atoms with Gasteiger partial charge in [-0.25, -0.2) is 0 Å². The quantitative estimate of drug-likeness (QED) is 0.0324. The summed E-state index contributed by atoms with van der Waals surface area (Å²) in [6, 6.07) is 0. The Morgan fingerprint density at radius 2 is 0.931 bits per heavy atom. The minimum Gasteiger partial charge on any atom is -0.394 e. The second-order valence-electron chi connectivity index (χ2n) is 17.7. The zero-order valence-electron chi connectivity index (χ0n) is 40.0. The van der Waals surface area contributed by atoms with Crippen molar-refractivity contribution < 1.29 is 123 Å². The minimum absolute atomic E-state index is 0.0834. The van der Waals surface area contributed by atoms with Crippen LogP contribution in [0.3, 0.4) is 0 Å². The van der Waals surface area contributed by atoms with Crippen molar-refractivity contribution in [3.63, 3.8) is 0 Å². The summed E-state index contributed by atoms with van der Waals surface area (Å²) < 4.78 is 44.2. The standard InChI is InChI=1S/C42H75N5O25/c1-3-43-23(50)7-5-4-6-8-44-24(51)13-47(14-25(52)45-9-11-65-39-34(61)31(58)27(54)19(2)68-39)15-26(53)46-10-12-66-41-37(64)38(72-42-36(63)33(60)29(56)21(17-49)70-42)30(57)22(71-41)18-67-40-35(62)32(59)28(55)20(16-48)69-40/h19-22,27-42,48-49,54-64H,3-18H2,1-2H3,(H,43,50)(H,44,51)(H,45,52)(H,46,53)/t19-,20+,21+,22+,27+,28+,29+,30+,31-,32-,33-,34-,35-,36-,37-,38-,39+,40-,41-,42+/m0/s1. The van der Waals surface area contributed by atoms with Gasteiger partial charge in [0, 0.05) is 32.6 Å². The predicted molar refractivity (Wildman–Crippen MR) is 236 cm³/mol. The van der Waals surface area contributed by atoms with E-state index in [2.05, 4.69) is 21.3 Å². The first-order chi connectivity index (χ1) is 34.2. The van der Waals surface area contributed by atoms with Crippen LogP contribution in [0.15, 0.2) is 0 Å². The molecule has 0 aromatic rings. The van der Waals surface area contributed by atoms with Gasteiger partial charge in [-0.05, 0) is 26.7 Å². The Kier molecular flexibility index (Phi) is 26.1. The number of hydrogen-bond donors (Lipinski definition) is 17. The van der Waals surface area contributed by atoms with E-state index in [1.807, 2.05) is 6.92 Å².